The quantitative estimate of drug-likeness (QED) is 0.879. The fourth-order valence-corrected chi connectivity index (χ4v) is 1.85. The molecule has 2 aromatic rings. The number of hydrogen-bond acceptors (Lipinski definition) is 5. The Labute approximate surface area is 107 Å². The summed E-state index contributed by atoms with van der Waals surface area (Å²) in [4.78, 5) is 11.1. The zero-order valence-corrected chi connectivity index (χ0v) is 11.4. The maximum Gasteiger partial charge on any atom is 0.163 e. The zero-order chi connectivity index (χ0) is 13.3. The van der Waals surface area contributed by atoms with E-state index >= 15 is 0 Å². The van der Waals surface area contributed by atoms with Crippen molar-refractivity contribution >= 4 is 16.9 Å². The van der Waals surface area contributed by atoms with E-state index in [9.17, 15) is 0 Å². The highest BCUT2D eigenvalue weighted by Crippen LogP contribution is 2.17. The van der Waals surface area contributed by atoms with Crippen LogP contribution in [0.25, 0.3) is 11.0 Å². The molecule has 0 saturated heterocycles. The maximum atomic E-state index is 5.93. The molecule has 1 unspecified atom stereocenters. The van der Waals surface area contributed by atoms with Crippen molar-refractivity contribution in [1.82, 2.24) is 24.6 Å². The Kier molecular flexibility index (Phi) is 3.47. The lowest BCUT2D eigenvalue weighted by Gasteiger charge is -2.22. The van der Waals surface area contributed by atoms with Crippen LogP contribution in [0, 0.1) is 0 Å². The van der Waals surface area contributed by atoms with Gasteiger partial charge in [0.25, 0.3) is 0 Å². The molecule has 18 heavy (non-hydrogen) atoms. The molecule has 6 nitrogen and oxygen atoms in total. The molecule has 0 bridgehead atoms. The van der Waals surface area contributed by atoms with Crippen LogP contribution in [0.4, 0.5) is 5.82 Å². The maximum absolute atomic E-state index is 5.93. The molecule has 0 aliphatic heterocycles. The summed E-state index contributed by atoms with van der Waals surface area (Å²) < 4.78 is 1.72. The van der Waals surface area contributed by atoms with E-state index in [0.29, 0.717) is 18.4 Å². The average molecular weight is 248 g/mol. The number of anilines is 1. The molecule has 0 fully saturated rings. The van der Waals surface area contributed by atoms with Gasteiger partial charge in [-0.1, -0.05) is 6.92 Å². The van der Waals surface area contributed by atoms with Gasteiger partial charge in [-0.25, -0.2) is 9.97 Å². The van der Waals surface area contributed by atoms with Crippen molar-refractivity contribution in [3.63, 3.8) is 0 Å². The molecule has 0 radical (unpaired) electrons. The highest BCUT2D eigenvalue weighted by molar-refractivity contribution is 5.84. The Balaban J connectivity index is 2.31. The van der Waals surface area contributed by atoms with Crippen molar-refractivity contribution in [3.8, 4) is 0 Å². The monoisotopic (exact) mass is 248 g/mol. The number of nitrogen functional groups attached to an aromatic ring is 1. The number of aromatic nitrogens is 4. The van der Waals surface area contributed by atoms with Crippen LogP contribution >= 0.6 is 0 Å². The zero-order valence-electron chi connectivity index (χ0n) is 11.4. The first kappa shape index (κ1) is 12.8. The molecule has 0 aliphatic rings. The van der Waals surface area contributed by atoms with Crippen molar-refractivity contribution in [2.24, 2.45) is 7.05 Å². The molecule has 0 spiro atoms. The van der Waals surface area contributed by atoms with E-state index < -0.39 is 0 Å². The summed E-state index contributed by atoms with van der Waals surface area (Å²) in [5, 5.41) is 4.96. The smallest absolute Gasteiger partial charge is 0.163 e. The Morgan fingerprint density at radius 3 is 2.83 bits per heavy atom. The molecular formula is C12H20N6. The molecule has 98 valence electrons. The lowest BCUT2D eigenvalue weighted by atomic mass is 10.2. The fourth-order valence-electron chi connectivity index (χ4n) is 1.85. The van der Waals surface area contributed by atoms with Crippen LogP contribution in [0.3, 0.4) is 0 Å². The largest absolute Gasteiger partial charge is 0.383 e. The van der Waals surface area contributed by atoms with Gasteiger partial charge in [-0.3, -0.25) is 9.58 Å². The Hall–Kier alpha value is -1.69. The Bertz CT molecular complexity index is 547. The normalized spacial score (nSPS) is 13.4. The third kappa shape index (κ3) is 2.28. The molecule has 0 amide bonds. The number of fused-ring (bicyclic) bond motifs is 1. The van der Waals surface area contributed by atoms with Gasteiger partial charge in [-0.2, -0.15) is 5.10 Å². The standard InChI is InChI=1S/C12H20N6/c1-5-8(2)17(3)7-10-15-11(13)9-6-14-18(4)12(9)16-10/h6,8H,5,7H2,1-4H3,(H2,13,15,16). The van der Waals surface area contributed by atoms with E-state index in [0.717, 1.165) is 23.3 Å². The van der Waals surface area contributed by atoms with Crippen molar-refractivity contribution in [3.05, 3.63) is 12.0 Å². The van der Waals surface area contributed by atoms with Crippen LogP contribution in [0.1, 0.15) is 26.1 Å². The molecule has 6 heteroatoms. The lowest BCUT2D eigenvalue weighted by Crippen LogP contribution is -2.28. The van der Waals surface area contributed by atoms with Crippen LogP contribution in [-0.4, -0.2) is 37.7 Å². The van der Waals surface area contributed by atoms with Crippen molar-refractivity contribution in [1.29, 1.82) is 0 Å². The first-order chi connectivity index (χ1) is 8.52. The number of rotatable bonds is 4. The van der Waals surface area contributed by atoms with E-state index in [1.54, 1.807) is 10.9 Å². The van der Waals surface area contributed by atoms with Gasteiger partial charge in [0.05, 0.1) is 18.1 Å². The molecule has 0 saturated carbocycles. The fraction of sp³-hybridized carbons (Fsp3) is 0.583. The van der Waals surface area contributed by atoms with Gasteiger partial charge in [-0.15, -0.1) is 0 Å². The molecule has 1 atom stereocenters. The van der Waals surface area contributed by atoms with Crippen LogP contribution in [0.5, 0.6) is 0 Å². The van der Waals surface area contributed by atoms with E-state index in [1.165, 1.54) is 0 Å². The molecule has 0 aliphatic carbocycles. The van der Waals surface area contributed by atoms with Gasteiger partial charge in [0.15, 0.2) is 5.65 Å². The Morgan fingerprint density at radius 2 is 2.17 bits per heavy atom. The van der Waals surface area contributed by atoms with Crippen molar-refractivity contribution in [2.75, 3.05) is 12.8 Å². The number of hydrogen-bond donors (Lipinski definition) is 1. The average Bonchev–Trinajstić information content (AvgIpc) is 2.71. The second-order valence-corrected chi connectivity index (χ2v) is 4.70. The third-order valence-corrected chi connectivity index (χ3v) is 3.40. The number of nitrogens with two attached hydrogens (primary N) is 1. The predicted octanol–water partition coefficient (Wildman–Crippen LogP) is 1.18. The minimum atomic E-state index is 0.497. The van der Waals surface area contributed by atoms with Crippen LogP contribution in [0.15, 0.2) is 6.20 Å². The lowest BCUT2D eigenvalue weighted by molar-refractivity contribution is 0.238. The first-order valence-corrected chi connectivity index (χ1v) is 6.17. The summed E-state index contributed by atoms with van der Waals surface area (Å²) in [5.74, 6) is 1.24. The number of aryl methyl sites for hydroxylation is 1. The summed E-state index contributed by atoms with van der Waals surface area (Å²) in [6.07, 6.45) is 2.80. The summed E-state index contributed by atoms with van der Waals surface area (Å²) in [5.41, 5.74) is 6.72. The van der Waals surface area contributed by atoms with E-state index in [2.05, 4.69) is 40.9 Å². The first-order valence-electron chi connectivity index (χ1n) is 6.17. The summed E-state index contributed by atoms with van der Waals surface area (Å²) in [6.45, 7) is 5.05. The summed E-state index contributed by atoms with van der Waals surface area (Å²) in [7, 11) is 3.93. The predicted molar refractivity (Wildman–Crippen MR) is 71.9 cm³/mol. The molecule has 2 heterocycles. The van der Waals surface area contributed by atoms with Gasteiger partial charge in [0.1, 0.15) is 11.6 Å². The van der Waals surface area contributed by atoms with E-state index in [4.69, 9.17) is 5.73 Å². The van der Waals surface area contributed by atoms with Gasteiger partial charge in [-0.05, 0) is 20.4 Å². The minimum Gasteiger partial charge on any atom is -0.383 e. The molecule has 0 aromatic carbocycles. The van der Waals surface area contributed by atoms with Gasteiger partial charge in [0, 0.05) is 13.1 Å². The minimum absolute atomic E-state index is 0.497. The second-order valence-electron chi connectivity index (χ2n) is 4.70. The molecule has 2 aromatic heterocycles. The summed E-state index contributed by atoms with van der Waals surface area (Å²) in [6, 6.07) is 0.497. The SMILES string of the molecule is CCC(C)N(C)Cc1nc(N)c2cnn(C)c2n1. The van der Waals surface area contributed by atoms with Gasteiger partial charge >= 0.3 is 0 Å². The topological polar surface area (TPSA) is 72.9 Å². The van der Waals surface area contributed by atoms with Crippen LogP contribution in [0.2, 0.25) is 0 Å². The molecular weight excluding hydrogens is 228 g/mol. The molecule has 2 rings (SSSR count). The van der Waals surface area contributed by atoms with Crippen molar-refractivity contribution in [2.45, 2.75) is 32.9 Å². The van der Waals surface area contributed by atoms with Gasteiger partial charge in [0.2, 0.25) is 0 Å². The van der Waals surface area contributed by atoms with Crippen LogP contribution in [-0.2, 0) is 13.6 Å². The van der Waals surface area contributed by atoms with Crippen LogP contribution < -0.4 is 5.73 Å². The Morgan fingerprint density at radius 1 is 1.44 bits per heavy atom. The number of nitrogens with zero attached hydrogens (tertiary/aromatic N) is 5. The van der Waals surface area contributed by atoms with E-state index in [1.807, 2.05) is 7.05 Å². The van der Waals surface area contributed by atoms with E-state index in [-0.39, 0.29) is 0 Å². The third-order valence-electron chi connectivity index (χ3n) is 3.40. The highest BCUT2D eigenvalue weighted by atomic mass is 15.3. The van der Waals surface area contributed by atoms with Gasteiger partial charge < -0.3 is 5.73 Å². The summed E-state index contributed by atoms with van der Waals surface area (Å²) >= 11 is 0. The van der Waals surface area contributed by atoms with Crippen molar-refractivity contribution < 1.29 is 0 Å². The highest BCUT2D eigenvalue weighted by Gasteiger charge is 2.13. The molecule has 2 N–H and O–H groups in total. The second kappa shape index (κ2) is 4.89.